The molecule has 1 N–H and O–H groups in total. The first-order valence-corrected chi connectivity index (χ1v) is 8.66. The number of nitrogens with one attached hydrogen (secondary N) is 1. The van der Waals surface area contributed by atoms with Gasteiger partial charge in [0.1, 0.15) is 6.07 Å². The molecule has 0 bridgehead atoms. The van der Waals surface area contributed by atoms with Crippen LogP contribution in [0.15, 0.2) is 66.9 Å². The van der Waals surface area contributed by atoms with Crippen LogP contribution in [-0.4, -0.2) is 20.9 Å². The molecule has 4 aromatic rings. The molecule has 2 aromatic carbocycles. The molecular formula is C22H15N5O. The van der Waals surface area contributed by atoms with Gasteiger partial charge in [0.05, 0.1) is 16.9 Å². The van der Waals surface area contributed by atoms with E-state index in [9.17, 15) is 10.1 Å². The molecule has 2 aromatic heterocycles. The largest absolute Gasteiger partial charge is 0.308 e. The monoisotopic (exact) mass is 365 g/mol. The molecule has 0 fully saturated rings. The molecule has 28 heavy (non-hydrogen) atoms. The molecule has 0 aliphatic heterocycles. The highest BCUT2D eigenvalue weighted by molar-refractivity contribution is 5.91. The molecule has 0 unspecified atom stereocenters. The predicted octanol–water partition coefficient (Wildman–Crippen LogP) is 4.19. The number of hydrogen-bond donors (Lipinski definition) is 1. The summed E-state index contributed by atoms with van der Waals surface area (Å²) < 4.78 is 0. The summed E-state index contributed by atoms with van der Waals surface area (Å²) >= 11 is 0. The standard InChI is InChI=1S/C22H15N5O/c1-14(28)25-22-19(13-23)26-21(20(27-22)15-6-3-2-4-7-15)17-9-10-18-16(12-17)8-5-11-24-18/h2-12H,1H3,(H,25,27,28). The van der Waals surface area contributed by atoms with Gasteiger partial charge in [-0.2, -0.15) is 5.26 Å². The molecule has 0 aliphatic carbocycles. The fraction of sp³-hybridized carbons (Fsp3) is 0.0455. The van der Waals surface area contributed by atoms with Gasteiger partial charge in [0.15, 0.2) is 11.5 Å². The average Bonchev–Trinajstić information content (AvgIpc) is 2.73. The Balaban J connectivity index is 1.98. The second kappa shape index (κ2) is 7.25. The van der Waals surface area contributed by atoms with Crippen molar-refractivity contribution in [1.82, 2.24) is 15.0 Å². The summed E-state index contributed by atoms with van der Waals surface area (Å²) in [4.78, 5) is 25.0. The molecule has 4 rings (SSSR count). The van der Waals surface area contributed by atoms with E-state index >= 15 is 0 Å². The number of nitriles is 1. The predicted molar refractivity (Wildman–Crippen MR) is 107 cm³/mol. The number of amides is 1. The lowest BCUT2D eigenvalue weighted by Gasteiger charge is -2.13. The minimum atomic E-state index is -0.311. The van der Waals surface area contributed by atoms with E-state index in [2.05, 4.69) is 20.3 Å². The van der Waals surface area contributed by atoms with Crippen molar-refractivity contribution < 1.29 is 4.79 Å². The van der Waals surface area contributed by atoms with E-state index in [0.717, 1.165) is 22.0 Å². The van der Waals surface area contributed by atoms with E-state index in [1.165, 1.54) is 6.92 Å². The summed E-state index contributed by atoms with van der Waals surface area (Å²) in [6, 6.07) is 21.2. The zero-order valence-corrected chi connectivity index (χ0v) is 15.0. The minimum Gasteiger partial charge on any atom is -0.308 e. The van der Waals surface area contributed by atoms with E-state index < -0.39 is 0 Å². The fourth-order valence-electron chi connectivity index (χ4n) is 2.99. The molecule has 6 nitrogen and oxygen atoms in total. The highest BCUT2D eigenvalue weighted by atomic mass is 16.1. The number of carbonyl (C=O) groups is 1. The van der Waals surface area contributed by atoms with Crippen LogP contribution in [0.5, 0.6) is 0 Å². The molecule has 0 radical (unpaired) electrons. The number of rotatable bonds is 3. The highest BCUT2D eigenvalue weighted by Crippen LogP contribution is 2.32. The maximum Gasteiger partial charge on any atom is 0.222 e. The summed E-state index contributed by atoms with van der Waals surface area (Å²) in [6.45, 7) is 1.37. The lowest BCUT2D eigenvalue weighted by molar-refractivity contribution is -0.114. The third-order valence-corrected chi connectivity index (χ3v) is 4.22. The molecule has 0 atom stereocenters. The second-order valence-corrected chi connectivity index (χ2v) is 6.19. The third-order valence-electron chi connectivity index (χ3n) is 4.22. The topological polar surface area (TPSA) is 91.6 Å². The van der Waals surface area contributed by atoms with Crippen LogP contribution in [0.1, 0.15) is 12.6 Å². The van der Waals surface area contributed by atoms with Crippen LogP contribution in [0.2, 0.25) is 0 Å². The number of anilines is 1. The van der Waals surface area contributed by atoms with Gasteiger partial charge in [0.25, 0.3) is 0 Å². The highest BCUT2D eigenvalue weighted by Gasteiger charge is 2.17. The van der Waals surface area contributed by atoms with Gasteiger partial charge < -0.3 is 5.32 Å². The first-order valence-electron chi connectivity index (χ1n) is 8.66. The summed E-state index contributed by atoms with van der Waals surface area (Å²) in [6.07, 6.45) is 1.74. The quantitative estimate of drug-likeness (QED) is 0.588. The van der Waals surface area contributed by atoms with Crippen molar-refractivity contribution in [3.05, 3.63) is 72.6 Å². The Morgan fingerprint density at radius 3 is 2.50 bits per heavy atom. The Labute approximate surface area is 161 Å². The number of aromatic nitrogens is 3. The van der Waals surface area contributed by atoms with Gasteiger partial charge in [-0.1, -0.05) is 42.5 Å². The Morgan fingerprint density at radius 1 is 0.964 bits per heavy atom. The number of benzene rings is 2. The van der Waals surface area contributed by atoms with Gasteiger partial charge >= 0.3 is 0 Å². The van der Waals surface area contributed by atoms with Gasteiger partial charge in [0, 0.05) is 29.6 Å². The molecule has 2 heterocycles. The van der Waals surface area contributed by atoms with Crippen LogP contribution in [0.25, 0.3) is 33.4 Å². The first-order chi connectivity index (χ1) is 13.7. The zero-order chi connectivity index (χ0) is 19.5. The lowest BCUT2D eigenvalue weighted by Crippen LogP contribution is -2.11. The first kappa shape index (κ1) is 17.3. The molecule has 0 aliphatic rings. The SMILES string of the molecule is CC(=O)Nc1nc(-c2ccccc2)c(-c2ccc3ncccc3c2)nc1C#N. The number of carbonyl (C=O) groups excluding carboxylic acids is 1. The van der Waals surface area contributed by atoms with E-state index in [1.807, 2.05) is 66.7 Å². The van der Waals surface area contributed by atoms with Crippen LogP contribution < -0.4 is 5.32 Å². The maximum absolute atomic E-state index is 11.5. The van der Waals surface area contributed by atoms with Gasteiger partial charge in [0.2, 0.25) is 5.91 Å². The third kappa shape index (κ3) is 3.29. The van der Waals surface area contributed by atoms with Crippen molar-refractivity contribution in [2.75, 3.05) is 5.32 Å². The summed E-state index contributed by atoms with van der Waals surface area (Å²) in [7, 11) is 0. The van der Waals surface area contributed by atoms with Crippen molar-refractivity contribution in [2.45, 2.75) is 6.92 Å². The Bertz CT molecular complexity index is 1230. The van der Waals surface area contributed by atoms with E-state index in [1.54, 1.807) is 6.20 Å². The summed E-state index contributed by atoms with van der Waals surface area (Å²) in [5, 5.41) is 13.1. The maximum atomic E-state index is 11.5. The van der Waals surface area contributed by atoms with E-state index in [0.29, 0.717) is 11.4 Å². The Morgan fingerprint density at radius 2 is 1.75 bits per heavy atom. The van der Waals surface area contributed by atoms with Crippen LogP contribution >= 0.6 is 0 Å². The van der Waals surface area contributed by atoms with E-state index in [4.69, 9.17) is 0 Å². The molecule has 0 saturated heterocycles. The van der Waals surface area contributed by atoms with Crippen molar-refractivity contribution in [2.24, 2.45) is 0 Å². The molecule has 0 saturated carbocycles. The fourth-order valence-corrected chi connectivity index (χ4v) is 2.99. The number of fused-ring (bicyclic) bond motifs is 1. The van der Waals surface area contributed by atoms with Crippen LogP contribution in [0.4, 0.5) is 5.82 Å². The molecular weight excluding hydrogens is 350 g/mol. The van der Waals surface area contributed by atoms with Crippen molar-refractivity contribution in [3.63, 3.8) is 0 Å². The molecule has 6 heteroatoms. The molecule has 1 amide bonds. The zero-order valence-electron chi connectivity index (χ0n) is 15.0. The van der Waals surface area contributed by atoms with Crippen LogP contribution in [0.3, 0.4) is 0 Å². The molecule has 134 valence electrons. The number of nitrogens with zero attached hydrogens (tertiary/aromatic N) is 4. The van der Waals surface area contributed by atoms with Crippen LogP contribution in [0, 0.1) is 11.3 Å². The minimum absolute atomic E-state index is 0.0659. The normalized spacial score (nSPS) is 10.4. The summed E-state index contributed by atoms with van der Waals surface area (Å²) in [5.74, 6) is -0.158. The number of hydrogen-bond acceptors (Lipinski definition) is 5. The average molecular weight is 365 g/mol. The van der Waals surface area contributed by atoms with Crippen molar-refractivity contribution in [3.8, 4) is 28.6 Å². The Hall–Kier alpha value is -4.11. The van der Waals surface area contributed by atoms with Gasteiger partial charge in [-0.3, -0.25) is 9.78 Å². The smallest absolute Gasteiger partial charge is 0.222 e. The summed E-state index contributed by atoms with van der Waals surface area (Å²) in [5.41, 5.74) is 3.76. The van der Waals surface area contributed by atoms with Gasteiger partial charge in [-0.05, 0) is 18.2 Å². The van der Waals surface area contributed by atoms with Crippen molar-refractivity contribution >= 4 is 22.6 Å². The van der Waals surface area contributed by atoms with Crippen LogP contribution in [-0.2, 0) is 4.79 Å². The molecule has 0 spiro atoms. The van der Waals surface area contributed by atoms with Gasteiger partial charge in [-0.25, -0.2) is 9.97 Å². The Kier molecular flexibility index (Phi) is 4.48. The lowest BCUT2D eigenvalue weighted by atomic mass is 10.0. The number of pyridine rings is 1. The second-order valence-electron chi connectivity index (χ2n) is 6.19. The van der Waals surface area contributed by atoms with E-state index in [-0.39, 0.29) is 17.4 Å². The van der Waals surface area contributed by atoms with Crippen molar-refractivity contribution in [1.29, 1.82) is 5.26 Å². The van der Waals surface area contributed by atoms with Gasteiger partial charge in [-0.15, -0.1) is 0 Å².